The zero-order valence-electron chi connectivity index (χ0n) is 10.0. The summed E-state index contributed by atoms with van der Waals surface area (Å²) in [5.74, 6) is 1.57. The molecule has 1 rings (SSSR count). The predicted molar refractivity (Wildman–Crippen MR) is 71.8 cm³/mol. The van der Waals surface area contributed by atoms with Gasteiger partial charge in [-0.25, -0.2) is 0 Å². The van der Waals surface area contributed by atoms with Crippen LogP contribution in [0.3, 0.4) is 0 Å². The number of thioether (sulfide) groups is 1. The van der Waals surface area contributed by atoms with Crippen molar-refractivity contribution in [3.8, 4) is 6.07 Å². The number of nitrogens with zero attached hydrogens (tertiary/aromatic N) is 1. The highest BCUT2D eigenvalue weighted by Crippen LogP contribution is 2.25. The average Bonchev–Trinajstić information content (AvgIpc) is 2.41. The third-order valence-corrected chi connectivity index (χ3v) is 3.71. The first-order valence-corrected chi connectivity index (χ1v) is 6.79. The summed E-state index contributed by atoms with van der Waals surface area (Å²) in [5, 5.41) is 21.3. The van der Waals surface area contributed by atoms with Crippen LogP contribution in [0, 0.1) is 11.3 Å². The molecular formula is C13H18N2OS. The quantitative estimate of drug-likeness (QED) is 0.724. The van der Waals surface area contributed by atoms with Crippen molar-refractivity contribution in [2.75, 3.05) is 25.2 Å². The molecule has 4 heteroatoms. The number of aliphatic hydroxyl groups is 1. The van der Waals surface area contributed by atoms with Crippen LogP contribution in [0.15, 0.2) is 30.3 Å². The van der Waals surface area contributed by atoms with Crippen molar-refractivity contribution in [3.63, 3.8) is 0 Å². The third-order valence-electron chi connectivity index (χ3n) is 2.74. The van der Waals surface area contributed by atoms with E-state index in [1.165, 1.54) is 0 Å². The molecule has 0 aliphatic carbocycles. The number of hydrogen-bond donors (Lipinski definition) is 2. The van der Waals surface area contributed by atoms with Gasteiger partial charge in [-0.15, -0.1) is 0 Å². The van der Waals surface area contributed by atoms with E-state index in [2.05, 4.69) is 11.4 Å². The monoisotopic (exact) mass is 250 g/mol. The highest BCUT2D eigenvalue weighted by molar-refractivity contribution is 7.99. The summed E-state index contributed by atoms with van der Waals surface area (Å²) in [6.45, 7) is 0.190. The minimum atomic E-state index is -0.621. The van der Waals surface area contributed by atoms with Crippen molar-refractivity contribution in [2.24, 2.45) is 0 Å². The molecule has 0 aliphatic rings. The van der Waals surface area contributed by atoms with E-state index in [1.54, 1.807) is 11.8 Å². The first-order valence-electron chi connectivity index (χ1n) is 5.63. The minimum absolute atomic E-state index is 0.190. The van der Waals surface area contributed by atoms with Gasteiger partial charge < -0.3 is 5.11 Å². The van der Waals surface area contributed by atoms with Crippen molar-refractivity contribution in [1.29, 1.82) is 5.26 Å². The molecular weight excluding hydrogens is 232 g/mol. The van der Waals surface area contributed by atoms with Crippen molar-refractivity contribution < 1.29 is 5.11 Å². The number of rotatable bonds is 7. The van der Waals surface area contributed by atoms with Gasteiger partial charge in [-0.2, -0.15) is 17.0 Å². The Bertz CT molecular complexity index is 363. The standard InChI is InChI=1S/C13H18N2OS/c1-15-13(11-14,7-9-17-10-8-16)12-5-3-2-4-6-12/h2-6,15-16H,7-10H2,1H3. The van der Waals surface area contributed by atoms with Crippen LogP contribution in [0.25, 0.3) is 0 Å². The second-order valence-electron chi connectivity index (χ2n) is 3.72. The molecule has 0 fully saturated rings. The van der Waals surface area contributed by atoms with E-state index in [0.717, 1.165) is 23.5 Å². The van der Waals surface area contributed by atoms with Crippen LogP contribution in [0.5, 0.6) is 0 Å². The Kier molecular flexibility index (Phi) is 6.06. The Labute approximate surface area is 107 Å². The van der Waals surface area contributed by atoms with Crippen molar-refractivity contribution in [3.05, 3.63) is 35.9 Å². The smallest absolute Gasteiger partial charge is 0.132 e. The molecule has 0 aromatic heterocycles. The third kappa shape index (κ3) is 3.74. The average molecular weight is 250 g/mol. The highest BCUT2D eigenvalue weighted by atomic mass is 32.2. The van der Waals surface area contributed by atoms with Crippen LogP contribution in [-0.2, 0) is 5.54 Å². The lowest BCUT2D eigenvalue weighted by Crippen LogP contribution is -2.39. The molecule has 0 bridgehead atoms. The van der Waals surface area contributed by atoms with E-state index >= 15 is 0 Å². The van der Waals surface area contributed by atoms with Crippen LogP contribution in [0.2, 0.25) is 0 Å². The van der Waals surface area contributed by atoms with Gasteiger partial charge in [0.25, 0.3) is 0 Å². The molecule has 1 aromatic rings. The van der Waals surface area contributed by atoms with Crippen molar-refractivity contribution in [1.82, 2.24) is 5.32 Å². The van der Waals surface area contributed by atoms with Crippen LogP contribution in [-0.4, -0.2) is 30.3 Å². The Balaban J connectivity index is 2.73. The van der Waals surface area contributed by atoms with Gasteiger partial charge in [0.15, 0.2) is 0 Å². The van der Waals surface area contributed by atoms with Crippen LogP contribution in [0.1, 0.15) is 12.0 Å². The molecule has 0 radical (unpaired) electrons. The molecule has 0 heterocycles. The highest BCUT2D eigenvalue weighted by Gasteiger charge is 2.29. The second-order valence-corrected chi connectivity index (χ2v) is 4.94. The van der Waals surface area contributed by atoms with Gasteiger partial charge in [-0.3, -0.25) is 5.32 Å². The zero-order valence-corrected chi connectivity index (χ0v) is 10.8. The Morgan fingerprint density at radius 3 is 2.59 bits per heavy atom. The van der Waals surface area contributed by atoms with Crippen LogP contribution >= 0.6 is 11.8 Å². The molecule has 0 spiro atoms. The normalized spacial score (nSPS) is 13.9. The SMILES string of the molecule is CNC(C#N)(CCSCCO)c1ccccc1. The molecule has 2 N–H and O–H groups in total. The van der Waals surface area contributed by atoms with Crippen LogP contribution in [0.4, 0.5) is 0 Å². The fourth-order valence-corrected chi connectivity index (χ4v) is 2.49. The molecule has 17 heavy (non-hydrogen) atoms. The Hall–Kier alpha value is -1.02. The molecule has 92 valence electrons. The number of hydrogen-bond acceptors (Lipinski definition) is 4. The van der Waals surface area contributed by atoms with Gasteiger partial charge >= 0.3 is 0 Å². The molecule has 1 aromatic carbocycles. The molecule has 1 unspecified atom stereocenters. The summed E-state index contributed by atoms with van der Waals surface area (Å²) in [5.41, 5.74) is 0.374. The largest absolute Gasteiger partial charge is 0.396 e. The number of nitriles is 1. The molecule has 0 saturated heterocycles. The molecule has 3 nitrogen and oxygen atoms in total. The van der Waals surface area contributed by atoms with Gasteiger partial charge in [0.2, 0.25) is 0 Å². The maximum atomic E-state index is 9.42. The van der Waals surface area contributed by atoms with Crippen LogP contribution < -0.4 is 5.32 Å². The zero-order chi connectivity index (χ0) is 12.6. The molecule has 0 aliphatic heterocycles. The van der Waals surface area contributed by atoms with Crippen molar-refractivity contribution in [2.45, 2.75) is 12.0 Å². The Morgan fingerprint density at radius 1 is 1.35 bits per heavy atom. The van der Waals surface area contributed by atoms with Gasteiger partial charge in [0.1, 0.15) is 5.54 Å². The Morgan fingerprint density at radius 2 is 2.06 bits per heavy atom. The topological polar surface area (TPSA) is 56.0 Å². The van der Waals surface area contributed by atoms with Gasteiger partial charge in [-0.1, -0.05) is 30.3 Å². The van der Waals surface area contributed by atoms with E-state index < -0.39 is 5.54 Å². The van der Waals surface area contributed by atoms with E-state index in [9.17, 15) is 5.26 Å². The number of nitrogens with one attached hydrogen (secondary N) is 1. The van der Waals surface area contributed by atoms with Crippen molar-refractivity contribution >= 4 is 11.8 Å². The predicted octanol–water partition coefficient (Wildman–Crippen LogP) is 1.74. The summed E-state index contributed by atoms with van der Waals surface area (Å²) >= 11 is 1.66. The lowest BCUT2D eigenvalue weighted by atomic mass is 9.89. The maximum absolute atomic E-state index is 9.42. The summed E-state index contributed by atoms with van der Waals surface area (Å²) in [6, 6.07) is 12.1. The lowest BCUT2D eigenvalue weighted by Gasteiger charge is -2.26. The first kappa shape index (κ1) is 14.0. The lowest BCUT2D eigenvalue weighted by molar-refractivity contribution is 0.322. The van der Waals surface area contributed by atoms with E-state index in [1.807, 2.05) is 37.4 Å². The number of aliphatic hydroxyl groups excluding tert-OH is 1. The fourth-order valence-electron chi connectivity index (χ4n) is 1.70. The summed E-state index contributed by atoms with van der Waals surface area (Å²) in [6.07, 6.45) is 0.731. The molecule has 0 saturated carbocycles. The van der Waals surface area contributed by atoms with Gasteiger partial charge in [0, 0.05) is 5.75 Å². The summed E-state index contributed by atoms with van der Waals surface area (Å²) in [4.78, 5) is 0. The van der Waals surface area contributed by atoms with E-state index in [0.29, 0.717) is 0 Å². The maximum Gasteiger partial charge on any atom is 0.132 e. The van der Waals surface area contributed by atoms with E-state index in [4.69, 9.17) is 5.11 Å². The summed E-state index contributed by atoms with van der Waals surface area (Å²) < 4.78 is 0. The summed E-state index contributed by atoms with van der Waals surface area (Å²) in [7, 11) is 1.81. The fraction of sp³-hybridized carbons (Fsp3) is 0.462. The number of benzene rings is 1. The molecule has 0 amide bonds. The second kappa shape index (κ2) is 7.33. The minimum Gasteiger partial charge on any atom is -0.396 e. The van der Waals surface area contributed by atoms with Gasteiger partial charge in [-0.05, 0) is 24.8 Å². The van der Waals surface area contributed by atoms with E-state index in [-0.39, 0.29) is 6.61 Å². The molecule has 1 atom stereocenters. The van der Waals surface area contributed by atoms with Gasteiger partial charge in [0.05, 0.1) is 12.7 Å². The first-order chi connectivity index (χ1) is 8.29.